The van der Waals surface area contributed by atoms with Gasteiger partial charge in [0.15, 0.2) is 0 Å². The Balaban J connectivity index is 2.08. The standard InChI is InChI=1S/C18H23N3/c1-3-15(19)14-8-4-5-9-16(14)21-13-12-20(2)17-10-6-7-11-18(17)21/h4-11,15H,3,12-13,19H2,1-2H3/t15-/m0/s1. The molecule has 0 saturated heterocycles. The Kier molecular flexibility index (Phi) is 3.84. The molecule has 2 N–H and O–H groups in total. The Hall–Kier alpha value is -2.00. The van der Waals surface area contributed by atoms with Crippen molar-refractivity contribution in [1.82, 2.24) is 0 Å². The summed E-state index contributed by atoms with van der Waals surface area (Å²) in [5.41, 5.74) is 11.3. The van der Waals surface area contributed by atoms with E-state index in [1.165, 1.54) is 22.6 Å². The van der Waals surface area contributed by atoms with Gasteiger partial charge in [0.2, 0.25) is 0 Å². The lowest BCUT2D eigenvalue weighted by molar-refractivity contribution is 0.694. The molecule has 3 heteroatoms. The average Bonchev–Trinajstić information content (AvgIpc) is 2.55. The first-order valence-corrected chi connectivity index (χ1v) is 7.64. The van der Waals surface area contributed by atoms with Crippen LogP contribution in [0.5, 0.6) is 0 Å². The highest BCUT2D eigenvalue weighted by atomic mass is 15.3. The number of hydrogen-bond acceptors (Lipinski definition) is 3. The van der Waals surface area contributed by atoms with E-state index in [0.29, 0.717) is 0 Å². The van der Waals surface area contributed by atoms with E-state index >= 15 is 0 Å². The van der Waals surface area contributed by atoms with Gasteiger partial charge in [-0.1, -0.05) is 37.3 Å². The Morgan fingerprint density at radius 3 is 2.29 bits per heavy atom. The zero-order valence-electron chi connectivity index (χ0n) is 12.8. The smallest absolute Gasteiger partial charge is 0.0649 e. The highest BCUT2D eigenvalue weighted by molar-refractivity contribution is 5.80. The van der Waals surface area contributed by atoms with Crippen molar-refractivity contribution in [2.45, 2.75) is 19.4 Å². The molecule has 0 bridgehead atoms. The molecule has 0 aliphatic carbocycles. The molecule has 0 spiro atoms. The van der Waals surface area contributed by atoms with Crippen LogP contribution >= 0.6 is 0 Å². The van der Waals surface area contributed by atoms with Crippen molar-refractivity contribution in [2.24, 2.45) is 5.73 Å². The van der Waals surface area contributed by atoms with E-state index in [1.54, 1.807) is 0 Å². The summed E-state index contributed by atoms with van der Waals surface area (Å²) in [6.07, 6.45) is 0.951. The lowest BCUT2D eigenvalue weighted by Gasteiger charge is -2.38. The minimum atomic E-state index is 0.0908. The van der Waals surface area contributed by atoms with Crippen LogP contribution in [-0.4, -0.2) is 20.1 Å². The van der Waals surface area contributed by atoms with Gasteiger partial charge in [-0.05, 0) is 30.2 Å². The van der Waals surface area contributed by atoms with Crippen LogP contribution in [0.25, 0.3) is 0 Å². The second-order valence-corrected chi connectivity index (χ2v) is 5.64. The number of rotatable bonds is 3. The topological polar surface area (TPSA) is 32.5 Å². The van der Waals surface area contributed by atoms with E-state index in [0.717, 1.165) is 19.5 Å². The summed E-state index contributed by atoms with van der Waals surface area (Å²) < 4.78 is 0. The first-order chi connectivity index (χ1) is 10.2. The molecule has 0 unspecified atom stereocenters. The fourth-order valence-corrected chi connectivity index (χ4v) is 3.02. The summed E-state index contributed by atoms with van der Waals surface area (Å²) in [7, 11) is 2.15. The van der Waals surface area contributed by atoms with E-state index < -0.39 is 0 Å². The molecule has 0 aromatic heterocycles. The Bertz CT molecular complexity index is 623. The molecular formula is C18H23N3. The quantitative estimate of drug-likeness (QED) is 0.931. The van der Waals surface area contributed by atoms with Crippen LogP contribution < -0.4 is 15.5 Å². The molecule has 1 heterocycles. The van der Waals surface area contributed by atoms with Crippen LogP contribution in [0.4, 0.5) is 17.1 Å². The molecule has 3 nitrogen and oxygen atoms in total. The van der Waals surface area contributed by atoms with Crippen LogP contribution in [0.3, 0.4) is 0 Å². The molecule has 1 atom stereocenters. The lowest BCUT2D eigenvalue weighted by atomic mass is 10.0. The third kappa shape index (κ3) is 2.49. The molecule has 110 valence electrons. The minimum absolute atomic E-state index is 0.0908. The van der Waals surface area contributed by atoms with Crippen molar-refractivity contribution >= 4 is 17.1 Å². The zero-order chi connectivity index (χ0) is 14.8. The third-order valence-corrected chi connectivity index (χ3v) is 4.31. The molecule has 0 saturated carbocycles. The van der Waals surface area contributed by atoms with Gasteiger partial charge < -0.3 is 15.5 Å². The molecule has 21 heavy (non-hydrogen) atoms. The number of likely N-dealkylation sites (N-methyl/N-ethyl adjacent to an activating group) is 1. The number of hydrogen-bond donors (Lipinski definition) is 1. The predicted octanol–water partition coefficient (Wildman–Crippen LogP) is 3.68. The van der Waals surface area contributed by atoms with Gasteiger partial charge in [-0.2, -0.15) is 0 Å². The Labute approximate surface area is 127 Å². The first-order valence-electron chi connectivity index (χ1n) is 7.64. The van der Waals surface area contributed by atoms with Gasteiger partial charge in [0.1, 0.15) is 0 Å². The lowest BCUT2D eigenvalue weighted by Crippen LogP contribution is -2.37. The van der Waals surface area contributed by atoms with Crippen LogP contribution in [0.15, 0.2) is 48.5 Å². The van der Waals surface area contributed by atoms with Crippen molar-refractivity contribution in [1.29, 1.82) is 0 Å². The fraction of sp³-hybridized carbons (Fsp3) is 0.333. The summed E-state index contributed by atoms with van der Waals surface area (Å²) in [5.74, 6) is 0. The monoisotopic (exact) mass is 281 g/mol. The third-order valence-electron chi connectivity index (χ3n) is 4.31. The maximum absolute atomic E-state index is 6.31. The predicted molar refractivity (Wildman–Crippen MR) is 90.4 cm³/mol. The van der Waals surface area contributed by atoms with Gasteiger partial charge in [0, 0.05) is 31.9 Å². The van der Waals surface area contributed by atoms with E-state index in [1.807, 2.05) is 0 Å². The number of nitrogens with two attached hydrogens (primary N) is 1. The van der Waals surface area contributed by atoms with Crippen molar-refractivity contribution in [2.75, 3.05) is 29.9 Å². The van der Waals surface area contributed by atoms with E-state index in [2.05, 4.69) is 72.3 Å². The number of fused-ring (bicyclic) bond motifs is 1. The normalized spacial score (nSPS) is 15.8. The molecule has 2 aromatic rings. The van der Waals surface area contributed by atoms with Crippen LogP contribution in [-0.2, 0) is 0 Å². The van der Waals surface area contributed by atoms with Gasteiger partial charge in [-0.3, -0.25) is 0 Å². The SMILES string of the molecule is CC[C@H](N)c1ccccc1N1CCN(C)c2ccccc21. The molecule has 0 fully saturated rings. The van der Waals surface area contributed by atoms with Gasteiger partial charge in [0.25, 0.3) is 0 Å². The van der Waals surface area contributed by atoms with E-state index in [4.69, 9.17) is 5.73 Å². The van der Waals surface area contributed by atoms with Crippen LogP contribution in [0.2, 0.25) is 0 Å². The van der Waals surface area contributed by atoms with Crippen molar-refractivity contribution < 1.29 is 0 Å². The van der Waals surface area contributed by atoms with Crippen LogP contribution in [0.1, 0.15) is 24.9 Å². The molecule has 0 radical (unpaired) electrons. The largest absolute Gasteiger partial charge is 0.371 e. The highest BCUT2D eigenvalue weighted by Gasteiger charge is 2.23. The molecule has 1 aliphatic heterocycles. The van der Waals surface area contributed by atoms with E-state index in [9.17, 15) is 0 Å². The maximum Gasteiger partial charge on any atom is 0.0649 e. The van der Waals surface area contributed by atoms with Gasteiger partial charge in [-0.25, -0.2) is 0 Å². The number of nitrogens with zero attached hydrogens (tertiary/aromatic N) is 2. The van der Waals surface area contributed by atoms with Gasteiger partial charge >= 0.3 is 0 Å². The summed E-state index contributed by atoms with van der Waals surface area (Å²) in [4.78, 5) is 4.72. The molecule has 1 aliphatic rings. The second kappa shape index (κ2) is 5.78. The first kappa shape index (κ1) is 14.0. The Morgan fingerprint density at radius 2 is 1.57 bits per heavy atom. The van der Waals surface area contributed by atoms with Crippen LogP contribution in [0, 0.1) is 0 Å². The van der Waals surface area contributed by atoms with Crippen molar-refractivity contribution in [3.8, 4) is 0 Å². The summed E-state index contributed by atoms with van der Waals surface area (Å²) >= 11 is 0. The number of anilines is 3. The number of para-hydroxylation sites is 3. The molecule has 2 aromatic carbocycles. The highest BCUT2D eigenvalue weighted by Crippen LogP contribution is 2.39. The van der Waals surface area contributed by atoms with Gasteiger partial charge in [-0.15, -0.1) is 0 Å². The summed E-state index contributed by atoms with van der Waals surface area (Å²) in [5, 5.41) is 0. The zero-order valence-corrected chi connectivity index (χ0v) is 12.8. The second-order valence-electron chi connectivity index (χ2n) is 5.64. The van der Waals surface area contributed by atoms with Crippen molar-refractivity contribution in [3.63, 3.8) is 0 Å². The Morgan fingerprint density at radius 1 is 0.952 bits per heavy atom. The van der Waals surface area contributed by atoms with Crippen molar-refractivity contribution in [3.05, 3.63) is 54.1 Å². The minimum Gasteiger partial charge on any atom is -0.371 e. The molecular weight excluding hydrogens is 258 g/mol. The molecule has 3 rings (SSSR count). The maximum atomic E-state index is 6.31. The van der Waals surface area contributed by atoms with Gasteiger partial charge in [0.05, 0.1) is 11.4 Å². The summed E-state index contributed by atoms with van der Waals surface area (Å²) in [6.45, 7) is 4.15. The summed E-state index contributed by atoms with van der Waals surface area (Å²) in [6, 6.07) is 17.2. The molecule has 0 amide bonds. The number of benzene rings is 2. The van der Waals surface area contributed by atoms with E-state index in [-0.39, 0.29) is 6.04 Å². The fourth-order valence-electron chi connectivity index (χ4n) is 3.02. The average molecular weight is 281 g/mol.